The molecule has 1 amide bonds. The third kappa shape index (κ3) is 4.86. The molecular weight excluding hydrogens is 388 g/mol. The van der Waals surface area contributed by atoms with Gasteiger partial charge in [-0.3, -0.25) is 4.79 Å². The van der Waals surface area contributed by atoms with Gasteiger partial charge in [0.25, 0.3) is 5.91 Å². The van der Waals surface area contributed by atoms with Crippen LogP contribution in [0.2, 0.25) is 0 Å². The lowest BCUT2D eigenvalue weighted by atomic mass is 10.0. The van der Waals surface area contributed by atoms with Crippen LogP contribution in [0.5, 0.6) is 0 Å². The first-order valence-electron chi connectivity index (χ1n) is 9.85. The van der Waals surface area contributed by atoms with E-state index >= 15 is 0 Å². The van der Waals surface area contributed by atoms with E-state index in [1.807, 2.05) is 26.0 Å². The lowest BCUT2D eigenvalue weighted by molar-refractivity contribution is 0.102. The number of benzene rings is 2. The SMILES string of the molecule is COCc1ccc(C(=O)Nc2ccc(S(=O)(=O)N3C(C)CCCC3C)cc2)cc1. The largest absolute Gasteiger partial charge is 0.380 e. The average Bonchev–Trinajstić information content (AvgIpc) is 2.69. The van der Waals surface area contributed by atoms with Crippen molar-refractivity contribution in [3.8, 4) is 0 Å². The predicted molar refractivity (Wildman–Crippen MR) is 113 cm³/mol. The van der Waals surface area contributed by atoms with Crippen molar-refractivity contribution >= 4 is 21.6 Å². The number of carbonyl (C=O) groups is 1. The highest BCUT2D eigenvalue weighted by Gasteiger charge is 2.35. The van der Waals surface area contributed by atoms with Gasteiger partial charge in [-0.15, -0.1) is 0 Å². The maximum atomic E-state index is 13.1. The number of rotatable bonds is 6. The molecule has 3 rings (SSSR count). The van der Waals surface area contributed by atoms with Gasteiger partial charge in [0.2, 0.25) is 10.0 Å². The van der Waals surface area contributed by atoms with Crippen LogP contribution in [-0.4, -0.2) is 37.8 Å². The van der Waals surface area contributed by atoms with E-state index in [0.717, 1.165) is 24.8 Å². The number of hydrogen-bond acceptors (Lipinski definition) is 4. The number of hydrogen-bond donors (Lipinski definition) is 1. The van der Waals surface area contributed by atoms with Crippen molar-refractivity contribution in [2.45, 2.75) is 56.7 Å². The highest BCUT2D eigenvalue weighted by Crippen LogP contribution is 2.30. The van der Waals surface area contributed by atoms with Gasteiger partial charge in [0.05, 0.1) is 11.5 Å². The second kappa shape index (κ2) is 9.07. The minimum atomic E-state index is -3.56. The van der Waals surface area contributed by atoms with Crippen molar-refractivity contribution < 1.29 is 17.9 Å². The van der Waals surface area contributed by atoms with Crippen LogP contribution in [-0.2, 0) is 21.4 Å². The minimum Gasteiger partial charge on any atom is -0.380 e. The Morgan fingerprint density at radius 3 is 2.17 bits per heavy atom. The molecule has 1 saturated heterocycles. The van der Waals surface area contributed by atoms with Gasteiger partial charge in [-0.1, -0.05) is 18.6 Å². The standard InChI is InChI=1S/C22H28N2O4S/c1-16-5-4-6-17(2)24(16)29(26,27)21-13-11-20(12-14-21)23-22(25)19-9-7-18(8-10-19)15-28-3/h7-14,16-17H,4-6,15H2,1-3H3,(H,23,25). The molecule has 0 aromatic heterocycles. The van der Waals surface area contributed by atoms with E-state index in [4.69, 9.17) is 4.74 Å². The van der Waals surface area contributed by atoms with Crippen LogP contribution in [0.1, 0.15) is 49.0 Å². The van der Waals surface area contributed by atoms with E-state index in [1.54, 1.807) is 47.8 Å². The summed E-state index contributed by atoms with van der Waals surface area (Å²) in [6.07, 6.45) is 2.80. The molecule has 2 atom stereocenters. The zero-order valence-corrected chi connectivity index (χ0v) is 17.9. The summed E-state index contributed by atoms with van der Waals surface area (Å²) in [6.45, 7) is 4.41. The van der Waals surface area contributed by atoms with E-state index in [0.29, 0.717) is 17.9 Å². The van der Waals surface area contributed by atoms with Crippen LogP contribution < -0.4 is 5.32 Å². The number of nitrogens with zero attached hydrogens (tertiary/aromatic N) is 1. The molecule has 29 heavy (non-hydrogen) atoms. The quantitative estimate of drug-likeness (QED) is 0.771. The molecule has 0 spiro atoms. The lowest BCUT2D eigenvalue weighted by Gasteiger charge is -2.37. The molecule has 2 aromatic carbocycles. The number of ether oxygens (including phenoxy) is 1. The predicted octanol–water partition coefficient (Wildman–Crippen LogP) is 4.04. The van der Waals surface area contributed by atoms with Gasteiger partial charge < -0.3 is 10.1 Å². The van der Waals surface area contributed by atoms with Gasteiger partial charge in [0.15, 0.2) is 0 Å². The molecule has 1 fully saturated rings. The summed E-state index contributed by atoms with van der Waals surface area (Å²) in [6, 6.07) is 13.5. The zero-order chi connectivity index (χ0) is 21.0. The number of carbonyl (C=O) groups excluding carboxylic acids is 1. The van der Waals surface area contributed by atoms with E-state index in [-0.39, 0.29) is 22.9 Å². The fraction of sp³-hybridized carbons (Fsp3) is 0.409. The molecule has 2 aromatic rings. The first-order valence-corrected chi connectivity index (χ1v) is 11.3. The van der Waals surface area contributed by atoms with Crippen molar-refractivity contribution in [3.05, 3.63) is 59.7 Å². The van der Waals surface area contributed by atoms with E-state index in [2.05, 4.69) is 5.32 Å². The Labute approximate surface area is 172 Å². The topological polar surface area (TPSA) is 75.7 Å². The monoisotopic (exact) mass is 416 g/mol. The summed E-state index contributed by atoms with van der Waals surface area (Å²) in [4.78, 5) is 12.7. The molecule has 0 radical (unpaired) electrons. The Morgan fingerprint density at radius 2 is 1.62 bits per heavy atom. The normalized spacial score (nSPS) is 20.4. The molecule has 6 nitrogen and oxygen atoms in total. The second-order valence-electron chi connectivity index (χ2n) is 7.57. The smallest absolute Gasteiger partial charge is 0.255 e. The van der Waals surface area contributed by atoms with Crippen molar-refractivity contribution in [2.75, 3.05) is 12.4 Å². The third-order valence-electron chi connectivity index (χ3n) is 5.33. The Hall–Kier alpha value is -2.22. The number of anilines is 1. The lowest BCUT2D eigenvalue weighted by Crippen LogP contribution is -2.47. The number of sulfonamides is 1. The summed E-state index contributed by atoms with van der Waals surface area (Å²) in [7, 11) is -1.94. The van der Waals surface area contributed by atoms with Crippen LogP contribution in [0.3, 0.4) is 0 Å². The molecule has 1 aliphatic rings. The highest BCUT2D eigenvalue weighted by molar-refractivity contribution is 7.89. The summed E-state index contributed by atoms with van der Waals surface area (Å²) < 4.78 is 32.8. The van der Waals surface area contributed by atoms with Gasteiger partial charge in [-0.25, -0.2) is 8.42 Å². The van der Waals surface area contributed by atoms with Crippen molar-refractivity contribution in [1.82, 2.24) is 4.31 Å². The summed E-state index contributed by atoms with van der Waals surface area (Å²) in [5.74, 6) is -0.247. The summed E-state index contributed by atoms with van der Waals surface area (Å²) in [5, 5.41) is 2.81. The highest BCUT2D eigenvalue weighted by atomic mass is 32.2. The van der Waals surface area contributed by atoms with Gasteiger partial charge in [-0.2, -0.15) is 4.31 Å². The maximum Gasteiger partial charge on any atom is 0.255 e. The summed E-state index contributed by atoms with van der Waals surface area (Å²) >= 11 is 0. The number of amides is 1. The van der Waals surface area contributed by atoms with Crippen LogP contribution in [0, 0.1) is 0 Å². The minimum absolute atomic E-state index is 0.00999. The Balaban J connectivity index is 1.71. The van der Waals surface area contributed by atoms with Gasteiger partial charge in [0, 0.05) is 30.4 Å². The molecule has 2 unspecified atom stereocenters. The Kier molecular flexibility index (Phi) is 6.72. The van der Waals surface area contributed by atoms with Crippen molar-refractivity contribution in [3.63, 3.8) is 0 Å². The molecular formula is C22H28N2O4S. The van der Waals surface area contributed by atoms with Crippen LogP contribution in [0.15, 0.2) is 53.4 Å². The fourth-order valence-corrected chi connectivity index (χ4v) is 5.71. The number of methoxy groups -OCH3 is 1. The van der Waals surface area contributed by atoms with Gasteiger partial charge >= 0.3 is 0 Å². The van der Waals surface area contributed by atoms with Crippen molar-refractivity contribution in [1.29, 1.82) is 0 Å². The zero-order valence-electron chi connectivity index (χ0n) is 17.1. The summed E-state index contributed by atoms with van der Waals surface area (Å²) in [5.41, 5.74) is 2.06. The molecule has 0 aliphatic carbocycles. The molecule has 1 aliphatic heterocycles. The van der Waals surface area contributed by atoms with Crippen molar-refractivity contribution in [2.24, 2.45) is 0 Å². The van der Waals surface area contributed by atoms with Crippen LogP contribution in [0.4, 0.5) is 5.69 Å². The fourth-order valence-electron chi connectivity index (χ4n) is 3.83. The Morgan fingerprint density at radius 1 is 1.03 bits per heavy atom. The molecule has 1 heterocycles. The Bertz CT molecular complexity index is 930. The maximum absolute atomic E-state index is 13.1. The molecule has 7 heteroatoms. The first kappa shape index (κ1) is 21.5. The van der Waals surface area contributed by atoms with E-state index in [1.165, 1.54) is 0 Å². The van der Waals surface area contributed by atoms with Crippen LogP contribution in [0.25, 0.3) is 0 Å². The van der Waals surface area contributed by atoms with E-state index in [9.17, 15) is 13.2 Å². The molecule has 0 saturated carbocycles. The first-order chi connectivity index (χ1) is 13.8. The van der Waals surface area contributed by atoms with Crippen LogP contribution >= 0.6 is 0 Å². The molecule has 0 bridgehead atoms. The third-order valence-corrected chi connectivity index (χ3v) is 7.47. The van der Waals surface area contributed by atoms with Gasteiger partial charge in [-0.05, 0) is 68.7 Å². The number of nitrogens with one attached hydrogen (secondary N) is 1. The molecule has 1 N–H and O–H groups in total. The average molecular weight is 417 g/mol. The second-order valence-corrected chi connectivity index (χ2v) is 9.42. The van der Waals surface area contributed by atoms with E-state index < -0.39 is 10.0 Å². The molecule has 156 valence electrons. The number of piperidine rings is 1. The van der Waals surface area contributed by atoms with Gasteiger partial charge in [0.1, 0.15) is 0 Å².